The molecule has 1 unspecified atom stereocenters. The Bertz CT molecular complexity index is 1490. The molecular weight excluding hydrogens is 422 g/mol. The lowest BCUT2D eigenvalue weighted by atomic mass is 10.1. The molecule has 5 aromatic heterocycles. The lowest BCUT2D eigenvalue weighted by molar-refractivity contribution is 0.107. The van der Waals surface area contributed by atoms with E-state index in [0.29, 0.717) is 22.9 Å². The van der Waals surface area contributed by atoms with Gasteiger partial charge in [0.15, 0.2) is 5.65 Å². The van der Waals surface area contributed by atoms with Gasteiger partial charge in [-0.2, -0.15) is 10.1 Å². The molecule has 1 saturated carbocycles. The molecule has 1 aliphatic rings. The Hall–Kier alpha value is -3.96. The summed E-state index contributed by atoms with van der Waals surface area (Å²) in [7, 11) is 1.55. The van der Waals surface area contributed by atoms with Crippen molar-refractivity contribution in [2.45, 2.75) is 31.7 Å². The van der Waals surface area contributed by atoms with Gasteiger partial charge in [-0.15, -0.1) is 10.2 Å². The Balaban J connectivity index is 1.41. The molecule has 0 N–H and O–H groups in total. The van der Waals surface area contributed by atoms with Gasteiger partial charge in [0.25, 0.3) is 5.92 Å². The third-order valence-corrected chi connectivity index (χ3v) is 5.62. The topological polar surface area (TPSA) is 109 Å². The normalized spacial score (nSPS) is 17.3. The number of methoxy groups -OCH3 is 1. The van der Waals surface area contributed by atoms with E-state index in [-0.39, 0.29) is 24.7 Å². The molecule has 6 rings (SSSR count). The Morgan fingerprint density at radius 2 is 2.12 bits per heavy atom. The minimum absolute atomic E-state index is 0.0294. The van der Waals surface area contributed by atoms with E-state index >= 15 is 0 Å². The van der Waals surface area contributed by atoms with E-state index in [9.17, 15) is 8.78 Å². The number of pyridine rings is 1. The largest absolute Gasteiger partial charge is 0.479 e. The molecular formula is C20H16F2N8O2. The monoisotopic (exact) mass is 438 g/mol. The first-order chi connectivity index (χ1) is 15.4. The molecule has 1 atom stereocenters. The van der Waals surface area contributed by atoms with Crippen molar-refractivity contribution in [2.24, 2.45) is 0 Å². The number of nitrogens with zero attached hydrogens (tertiary/aromatic N) is 8. The molecule has 1 aliphatic carbocycles. The van der Waals surface area contributed by atoms with Gasteiger partial charge in [0, 0.05) is 29.9 Å². The fourth-order valence-corrected chi connectivity index (χ4v) is 3.86. The van der Waals surface area contributed by atoms with Gasteiger partial charge in [0.1, 0.15) is 30.1 Å². The van der Waals surface area contributed by atoms with Gasteiger partial charge in [-0.05, 0) is 19.1 Å². The van der Waals surface area contributed by atoms with Crippen LogP contribution in [-0.4, -0.2) is 52.4 Å². The highest BCUT2D eigenvalue weighted by molar-refractivity contribution is 5.87. The Kier molecular flexibility index (Phi) is 3.83. The maximum absolute atomic E-state index is 13.3. The summed E-state index contributed by atoms with van der Waals surface area (Å²) in [6.45, 7) is 2.03. The maximum atomic E-state index is 13.3. The van der Waals surface area contributed by atoms with E-state index < -0.39 is 11.8 Å². The number of halogens is 2. The fourth-order valence-electron chi connectivity index (χ4n) is 3.86. The first kappa shape index (κ1) is 18.8. The predicted molar refractivity (Wildman–Crippen MR) is 107 cm³/mol. The highest BCUT2D eigenvalue weighted by atomic mass is 19.3. The average molecular weight is 438 g/mol. The van der Waals surface area contributed by atoms with Crippen LogP contribution < -0.4 is 4.74 Å². The van der Waals surface area contributed by atoms with Gasteiger partial charge >= 0.3 is 0 Å². The average Bonchev–Trinajstić information content (AvgIpc) is 3.20. The molecule has 5 aromatic rings. The lowest BCUT2D eigenvalue weighted by Gasteiger charge is -2.06. The number of hydrogen-bond donors (Lipinski definition) is 0. The van der Waals surface area contributed by atoms with Gasteiger partial charge in [-0.3, -0.25) is 0 Å². The van der Waals surface area contributed by atoms with Gasteiger partial charge in [-0.25, -0.2) is 23.3 Å². The number of ether oxygens (including phenoxy) is 1. The zero-order chi connectivity index (χ0) is 22.0. The zero-order valence-electron chi connectivity index (χ0n) is 17.0. The number of hydrogen-bond acceptors (Lipinski definition) is 8. The molecule has 0 bridgehead atoms. The number of imidazole rings is 1. The van der Waals surface area contributed by atoms with Crippen LogP contribution in [0, 0.1) is 6.92 Å². The van der Waals surface area contributed by atoms with E-state index in [0.717, 1.165) is 16.6 Å². The molecule has 10 nitrogen and oxygen atoms in total. The van der Waals surface area contributed by atoms with Crippen molar-refractivity contribution in [3.05, 3.63) is 48.5 Å². The van der Waals surface area contributed by atoms with E-state index in [2.05, 4.69) is 30.2 Å². The molecule has 32 heavy (non-hydrogen) atoms. The second kappa shape index (κ2) is 6.52. The SMILES string of the molecule is COc1ncnn2ccc(-c3cnc4nc(C)n(Cc5nnc(C6CC6(F)F)o5)c4c3)c12. The molecule has 0 aromatic carbocycles. The van der Waals surface area contributed by atoms with Crippen LogP contribution >= 0.6 is 0 Å². The highest BCUT2D eigenvalue weighted by Crippen LogP contribution is 2.55. The first-order valence-corrected chi connectivity index (χ1v) is 9.84. The molecule has 0 saturated heterocycles. The molecule has 0 amide bonds. The summed E-state index contributed by atoms with van der Waals surface area (Å²) in [6.07, 6.45) is 4.70. The van der Waals surface area contributed by atoms with Crippen LogP contribution in [0.25, 0.3) is 27.8 Å². The summed E-state index contributed by atoms with van der Waals surface area (Å²) in [4.78, 5) is 13.2. The van der Waals surface area contributed by atoms with Crippen LogP contribution in [0.1, 0.15) is 29.9 Å². The number of rotatable bonds is 5. The van der Waals surface area contributed by atoms with Crippen molar-refractivity contribution in [2.75, 3.05) is 7.11 Å². The van der Waals surface area contributed by atoms with Gasteiger partial charge in [0.2, 0.25) is 17.7 Å². The summed E-state index contributed by atoms with van der Waals surface area (Å²) in [5.74, 6) is -2.41. The second-order valence-corrected chi connectivity index (χ2v) is 7.66. The minimum Gasteiger partial charge on any atom is -0.479 e. The van der Waals surface area contributed by atoms with E-state index in [4.69, 9.17) is 9.15 Å². The molecule has 12 heteroatoms. The fraction of sp³-hybridized carbons (Fsp3) is 0.300. The number of alkyl halides is 2. The summed E-state index contributed by atoms with van der Waals surface area (Å²) < 4.78 is 41.1. The third kappa shape index (κ3) is 2.82. The maximum Gasteiger partial charge on any atom is 0.260 e. The Morgan fingerprint density at radius 3 is 2.91 bits per heavy atom. The quantitative estimate of drug-likeness (QED) is 0.412. The zero-order valence-corrected chi connectivity index (χ0v) is 17.0. The van der Waals surface area contributed by atoms with Gasteiger partial charge in [0.05, 0.1) is 12.6 Å². The summed E-state index contributed by atoms with van der Waals surface area (Å²) in [5.41, 5.74) is 3.67. The second-order valence-electron chi connectivity index (χ2n) is 7.66. The van der Waals surface area contributed by atoms with Crippen LogP contribution in [0.15, 0.2) is 35.3 Å². The molecule has 5 heterocycles. The van der Waals surface area contributed by atoms with Crippen molar-refractivity contribution in [1.82, 2.24) is 39.3 Å². The van der Waals surface area contributed by atoms with Crippen LogP contribution in [-0.2, 0) is 6.54 Å². The van der Waals surface area contributed by atoms with E-state index in [1.54, 1.807) is 17.8 Å². The number of fused-ring (bicyclic) bond motifs is 2. The van der Waals surface area contributed by atoms with Crippen molar-refractivity contribution in [3.63, 3.8) is 0 Å². The van der Waals surface area contributed by atoms with Gasteiger partial charge in [-0.1, -0.05) is 0 Å². The minimum atomic E-state index is -2.76. The van der Waals surface area contributed by atoms with Crippen molar-refractivity contribution >= 4 is 16.7 Å². The van der Waals surface area contributed by atoms with Crippen LogP contribution in [0.5, 0.6) is 5.88 Å². The molecule has 0 spiro atoms. The van der Waals surface area contributed by atoms with E-state index in [1.807, 2.05) is 29.8 Å². The van der Waals surface area contributed by atoms with Crippen molar-refractivity contribution in [1.29, 1.82) is 0 Å². The van der Waals surface area contributed by atoms with Crippen LogP contribution in [0.4, 0.5) is 8.78 Å². The van der Waals surface area contributed by atoms with Gasteiger partial charge < -0.3 is 13.7 Å². The number of aryl methyl sites for hydroxylation is 1. The molecule has 0 aliphatic heterocycles. The first-order valence-electron chi connectivity index (χ1n) is 9.84. The molecule has 1 fully saturated rings. The smallest absolute Gasteiger partial charge is 0.260 e. The van der Waals surface area contributed by atoms with E-state index in [1.165, 1.54) is 6.33 Å². The lowest BCUT2D eigenvalue weighted by Crippen LogP contribution is -2.02. The van der Waals surface area contributed by atoms with Crippen LogP contribution in [0.2, 0.25) is 0 Å². The summed E-state index contributed by atoms with van der Waals surface area (Å²) >= 11 is 0. The predicted octanol–water partition coefficient (Wildman–Crippen LogP) is 3.01. The summed E-state index contributed by atoms with van der Waals surface area (Å²) in [5, 5.41) is 12.0. The highest BCUT2D eigenvalue weighted by Gasteiger charge is 2.60. The Morgan fingerprint density at radius 1 is 1.28 bits per heavy atom. The third-order valence-electron chi connectivity index (χ3n) is 5.62. The standard InChI is InChI=1S/C20H16F2N8O2/c1-10-26-17-14(29(10)8-15-27-28-18(32-15)13-6-20(13,21)22)5-11(7-23-17)12-3-4-30-16(12)19(31-2)24-9-25-30/h3-5,7,9,13H,6,8H2,1-2H3. The molecule has 162 valence electrons. The van der Waals surface area contributed by atoms with Crippen molar-refractivity contribution in [3.8, 4) is 17.0 Å². The number of aromatic nitrogens is 8. The Labute approximate surface area is 178 Å². The molecule has 0 radical (unpaired) electrons. The van der Waals surface area contributed by atoms with Crippen molar-refractivity contribution < 1.29 is 17.9 Å². The summed E-state index contributed by atoms with van der Waals surface area (Å²) in [6, 6.07) is 3.85. The van der Waals surface area contributed by atoms with Crippen LogP contribution in [0.3, 0.4) is 0 Å².